The van der Waals surface area contributed by atoms with E-state index in [0.717, 1.165) is 15.7 Å². The van der Waals surface area contributed by atoms with Crippen LogP contribution in [0.25, 0.3) is 15.2 Å². The summed E-state index contributed by atoms with van der Waals surface area (Å²) in [5.74, 6) is -1.09. The Balaban J connectivity index is 1.98. The number of fused-ring (bicyclic) bond motifs is 1. The Morgan fingerprint density at radius 3 is 2.44 bits per heavy atom. The third kappa shape index (κ3) is 6.31. The summed E-state index contributed by atoms with van der Waals surface area (Å²) in [6, 6.07) is 7.41. The first-order valence-corrected chi connectivity index (χ1v) is 14.8. The number of hydrogen-bond acceptors (Lipinski definition) is 9. The highest BCUT2D eigenvalue weighted by atomic mass is 32.1. The van der Waals surface area contributed by atoms with Gasteiger partial charge in [0.1, 0.15) is 21.5 Å². The predicted octanol–water partition coefficient (Wildman–Crippen LogP) is 2.59. The third-order valence-electron chi connectivity index (χ3n) is 7.23. The Bertz CT molecular complexity index is 1740. The van der Waals surface area contributed by atoms with Crippen LogP contribution in [0.3, 0.4) is 0 Å². The minimum atomic E-state index is -1.54. The molecule has 0 aliphatic rings. The van der Waals surface area contributed by atoms with Crippen LogP contribution in [0.5, 0.6) is 0 Å². The summed E-state index contributed by atoms with van der Waals surface area (Å²) in [4.78, 5) is 55.3. The fourth-order valence-electron chi connectivity index (χ4n) is 4.97. The molecule has 2 amide bonds. The van der Waals surface area contributed by atoms with Crippen molar-refractivity contribution in [3.63, 3.8) is 0 Å². The Morgan fingerprint density at radius 2 is 1.81 bits per heavy atom. The second-order valence-electron chi connectivity index (χ2n) is 10.9. The van der Waals surface area contributed by atoms with Gasteiger partial charge in [0, 0.05) is 11.6 Å². The number of thiophene rings is 1. The van der Waals surface area contributed by atoms with Gasteiger partial charge in [-0.05, 0) is 52.2 Å². The maximum atomic E-state index is 14.4. The molecule has 1 aromatic carbocycles. The minimum Gasteiger partial charge on any atom is -0.371 e. The number of aromatic nitrogens is 5. The van der Waals surface area contributed by atoms with Crippen molar-refractivity contribution < 1.29 is 19.5 Å². The zero-order valence-corrected chi connectivity index (χ0v) is 25.9. The van der Waals surface area contributed by atoms with Gasteiger partial charge in [-0.2, -0.15) is 10.2 Å². The molecule has 0 fully saturated rings. The Hall–Kier alpha value is -4.14. The van der Waals surface area contributed by atoms with Crippen molar-refractivity contribution in [2.45, 2.75) is 78.6 Å². The van der Waals surface area contributed by atoms with E-state index in [9.17, 15) is 19.2 Å². The number of carbonyl (C=O) groups is 2. The summed E-state index contributed by atoms with van der Waals surface area (Å²) in [6.45, 7) is 10.4. The highest BCUT2D eigenvalue weighted by Gasteiger charge is 2.36. The van der Waals surface area contributed by atoms with Crippen LogP contribution in [0.2, 0.25) is 0 Å². The maximum absolute atomic E-state index is 14.4. The summed E-state index contributed by atoms with van der Waals surface area (Å²) in [5.41, 5.74) is 1.14. The van der Waals surface area contributed by atoms with E-state index in [2.05, 4.69) is 15.5 Å². The van der Waals surface area contributed by atoms with Crippen LogP contribution in [0.1, 0.15) is 63.8 Å². The number of hydroxylamine groups is 1. The monoisotopic (exact) mass is 611 g/mol. The third-order valence-corrected chi connectivity index (χ3v) is 8.51. The molecule has 13 nitrogen and oxygen atoms in total. The van der Waals surface area contributed by atoms with Gasteiger partial charge in [0.25, 0.3) is 5.56 Å². The second-order valence-corrected chi connectivity index (χ2v) is 11.9. The smallest absolute Gasteiger partial charge is 0.333 e. The van der Waals surface area contributed by atoms with Crippen molar-refractivity contribution >= 4 is 33.4 Å². The Labute approximate surface area is 252 Å². The summed E-state index contributed by atoms with van der Waals surface area (Å²) in [6.07, 6.45) is 2.90. The molecule has 0 bridgehead atoms. The lowest BCUT2D eigenvalue weighted by molar-refractivity contribution is -0.131. The van der Waals surface area contributed by atoms with E-state index < -0.39 is 34.7 Å². The van der Waals surface area contributed by atoms with Crippen molar-refractivity contribution in [2.75, 3.05) is 6.61 Å². The molecule has 3 N–H and O–H groups in total. The molecule has 1 atom stereocenters. The molecule has 0 aliphatic carbocycles. The topological polar surface area (TPSA) is 162 Å². The predicted molar refractivity (Wildman–Crippen MR) is 162 cm³/mol. The number of nitrogens with one attached hydrogen (secondary N) is 2. The van der Waals surface area contributed by atoms with Gasteiger partial charge in [0.05, 0.1) is 37.4 Å². The van der Waals surface area contributed by atoms with Crippen molar-refractivity contribution in [2.24, 2.45) is 0 Å². The number of carbonyl (C=O) groups excluding carboxylic acids is 2. The highest BCUT2D eigenvalue weighted by molar-refractivity contribution is 7.21. The number of hydrogen-bond donors (Lipinski definition) is 3. The summed E-state index contributed by atoms with van der Waals surface area (Å²) in [5, 5.41) is 21.0. The highest BCUT2D eigenvalue weighted by Crippen LogP contribution is 2.33. The molecular weight excluding hydrogens is 574 g/mol. The van der Waals surface area contributed by atoms with Gasteiger partial charge in [-0.3, -0.25) is 24.2 Å². The molecule has 0 radical (unpaired) electrons. The van der Waals surface area contributed by atoms with Gasteiger partial charge >= 0.3 is 5.69 Å². The van der Waals surface area contributed by atoms with Gasteiger partial charge in [-0.25, -0.2) is 14.8 Å². The number of amides is 2. The molecule has 3 heterocycles. The van der Waals surface area contributed by atoms with E-state index in [1.165, 1.54) is 46.9 Å². The van der Waals surface area contributed by atoms with Crippen LogP contribution in [0, 0.1) is 6.92 Å². The van der Waals surface area contributed by atoms with Crippen molar-refractivity contribution in [1.29, 1.82) is 0 Å². The molecule has 14 heteroatoms. The molecule has 3 aromatic heterocycles. The van der Waals surface area contributed by atoms with Crippen LogP contribution >= 0.6 is 11.3 Å². The molecule has 230 valence electrons. The van der Waals surface area contributed by atoms with E-state index >= 15 is 0 Å². The quantitative estimate of drug-likeness (QED) is 0.163. The van der Waals surface area contributed by atoms with Gasteiger partial charge in [-0.15, -0.1) is 4.80 Å². The summed E-state index contributed by atoms with van der Waals surface area (Å²) < 4.78 is 8.64. The van der Waals surface area contributed by atoms with Crippen molar-refractivity contribution in [3.8, 4) is 5.00 Å². The molecule has 0 aliphatic heterocycles. The SMILES string of the molecule is CCc1ccccc1[C@H](Cn1c(=O)n(C(C)(C)C(=O)NC(C)C)c(=O)c2c(C)c(-n3nccn3)sc21)OCCC(=O)NO. The first kappa shape index (κ1) is 31.8. The van der Waals surface area contributed by atoms with Gasteiger partial charge in [0.2, 0.25) is 11.8 Å². The fourth-order valence-corrected chi connectivity index (χ4v) is 6.19. The average molecular weight is 612 g/mol. The van der Waals surface area contributed by atoms with E-state index in [1.54, 1.807) is 26.3 Å². The first-order valence-electron chi connectivity index (χ1n) is 14.0. The number of benzene rings is 1. The molecule has 0 spiro atoms. The zero-order valence-electron chi connectivity index (χ0n) is 25.1. The number of nitrogens with zero attached hydrogens (tertiary/aromatic N) is 5. The first-order chi connectivity index (χ1) is 20.4. The number of ether oxygens (including phenoxy) is 1. The largest absolute Gasteiger partial charge is 0.371 e. The summed E-state index contributed by atoms with van der Waals surface area (Å²) in [7, 11) is 0. The fraction of sp³-hybridized carbons (Fsp3) is 0.448. The van der Waals surface area contributed by atoms with E-state index in [0.29, 0.717) is 21.8 Å². The molecular formula is C29H37N7O6S. The zero-order chi connectivity index (χ0) is 31.5. The molecule has 0 saturated carbocycles. The lowest BCUT2D eigenvalue weighted by Gasteiger charge is -2.28. The standard InChI is InChI=1S/C29H37N7O6S/c1-7-19-10-8-9-11-20(19)21(42-15-12-22(37)33-41)16-34-26-23(18(4)25(43-26)36-30-13-14-31-36)24(38)35(28(34)40)29(5,6)27(39)32-17(2)3/h8-11,13-14,17,21,41H,7,12,15-16H2,1-6H3,(H,32,39)(H,33,37)/t21-/m0/s1. The van der Waals surface area contributed by atoms with Crippen LogP contribution in [0.15, 0.2) is 46.2 Å². The molecule has 43 heavy (non-hydrogen) atoms. The lowest BCUT2D eigenvalue weighted by Crippen LogP contribution is -2.56. The minimum absolute atomic E-state index is 0.0266. The van der Waals surface area contributed by atoms with Gasteiger partial charge in [0.15, 0.2) is 0 Å². The molecule has 0 saturated heterocycles. The van der Waals surface area contributed by atoms with E-state index in [1.807, 2.05) is 31.2 Å². The Kier molecular flexibility index (Phi) is 9.62. The van der Waals surface area contributed by atoms with Gasteiger partial charge in [-0.1, -0.05) is 42.5 Å². The second kappa shape index (κ2) is 13.0. The van der Waals surface area contributed by atoms with E-state index in [-0.39, 0.29) is 31.0 Å². The van der Waals surface area contributed by atoms with Crippen LogP contribution < -0.4 is 22.0 Å². The maximum Gasteiger partial charge on any atom is 0.333 e. The average Bonchev–Trinajstić information content (AvgIpc) is 3.62. The normalized spacial score (nSPS) is 12.6. The Morgan fingerprint density at radius 1 is 1.14 bits per heavy atom. The van der Waals surface area contributed by atoms with Crippen molar-refractivity contribution in [3.05, 3.63) is 74.2 Å². The molecule has 4 aromatic rings. The van der Waals surface area contributed by atoms with Crippen LogP contribution in [-0.2, 0) is 32.8 Å². The molecule has 4 rings (SSSR count). The number of rotatable bonds is 12. The number of aryl methyl sites for hydroxylation is 2. The van der Waals surface area contributed by atoms with Crippen LogP contribution in [0.4, 0.5) is 0 Å². The van der Waals surface area contributed by atoms with E-state index in [4.69, 9.17) is 9.94 Å². The summed E-state index contributed by atoms with van der Waals surface area (Å²) >= 11 is 1.19. The van der Waals surface area contributed by atoms with Crippen molar-refractivity contribution in [1.82, 2.24) is 34.9 Å². The molecule has 0 unspecified atom stereocenters. The van der Waals surface area contributed by atoms with Crippen LogP contribution in [-0.4, -0.2) is 53.8 Å². The lowest BCUT2D eigenvalue weighted by atomic mass is 10.00. The van der Waals surface area contributed by atoms with Gasteiger partial charge < -0.3 is 10.1 Å².